The zero-order valence-corrected chi connectivity index (χ0v) is 20.0. The number of hydrogen-bond donors (Lipinski definition) is 4. The fourth-order valence-electron chi connectivity index (χ4n) is 3.64. The highest BCUT2D eigenvalue weighted by Crippen LogP contribution is 2.28. The van der Waals surface area contributed by atoms with Gasteiger partial charge >= 0.3 is 0 Å². The van der Waals surface area contributed by atoms with Gasteiger partial charge in [-0.05, 0) is 65.1 Å². The van der Waals surface area contributed by atoms with E-state index < -0.39 is 0 Å². The second-order valence-electron chi connectivity index (χ2n) is 8.35. The number of carbonyl (C=O) groups excluding carboxylic acids is 2. The highest BCUT2D eigenvalue weighted by molar-refractivity contribution is 6.03. The van der Waals surface area contributed by atoms with E-state index in [-0.39, 0.29) is 23.3 Å². The number of amides is 2. The van der Waals surface area contributed by atoms with Gasteiger partial charge in [0.25, 0.3) is 0 Å². The predicted molar refractivity (Wildman–Crippen MR) is 147 cm³/mol. The first-order valence-corrected chi connectivity index (χ1v) is 11.7. The van der Waals surface area contributed by atoms with Crippen LogP contribution in [0.1, 0.15) is 22.3 Å². The Kier molecular flexibility index (Phi) is 8.14. The molecule has 0 radical (unpaired) electrons. The van der Waals surface area contributed by atoms with Gasteiger partial charge < -0.3 is 20.8 Å². The van der Waals surface area contributed by atoms with Crippen molar-refractivity contribution >= 4 is 35.3 Å². The van der Waals surface area contributed by atoms with Crippen molar-refractivity contribution in [3.63, 3.8) is 0 Å². The maximum absolute atomic E-state index is 12.2. The molecule has 4 N–H and O–H groups in total. The molecular formula is C31H26N2O4. The van der Waals surface area contributed by atoms with E-state index >= 15 is 0 Å². The standard InChI is InChI=1S/C31H26N2O4/c34-28-20-24(11-15-26(28)32-30(36)17-13-22-7-3-1-4-8-22)19-25-12-16-27(29(35)21-25)33-31(37)18-14-23-9-5-2-6-10-23/h1-18,20-21,34-35H,19H2,(H,32,36)(H,33,37)/b17-13+,18-14+. The minimum atomic E-state index is -0.354. The number of anilines is 2. The van der Waals surface area contributed by atoms with Crippen LogP contribution in [0, 0.1) is 0 Å². The SMILES string of the molecule is O=C(/C=C/c1ccccc1)Nc1ccc(Cc2ccc(NC(=O)/C=C/c3ccccc3)c(O)c2)cc1O. The van der Waals surface area contributed by atoms with E-state index in [2.05, 4.69) is 10.6 Å². The van der Waals surface area contributed by atoms with Gasteiger partial charge in [-0.25, -0.2) is 0 Å². The zero-order valence-electron chi connectivity index (χ0n) is 20.0. The van der Waals surface area contributed by atoms with Crippen LogP contribution in [0.5, 0.6) is 11.5 Å². The lowest BCUT2D eigenvalue weighted by Gasteiger charge is -2.10. The molecule has 6 heteroatoms. The predicted octanol–water partition coefficient (Wildman–Crippen LogP) is 5.99. The van der Waals surface area contributed by atoms with E-state index in [4.69, 9.17) is 0 Å². The van der Waals surface area contributed by atoms with Crippen LogP contribution in [0.3, 0.4) is 0 Å². The molecular weight excluding hydrogens is 464 g/mol. The Morgan fingerprint density at radius 2 is 1.00 bits per heavy atom. The molecule has 0 fully saturated rings. The van der Waals surface area contributed by atoms with Crippen molar-refractivity contribution in [2.24, 2.45) is 0 Å². The third-order valence-corrected chi connectivity index (χ3v) is 5.50. The van der Waals surface area contributed by atoms with E-state index in [9.17, 15) is 19.8 Å². The van der Waals surface area contributed by atoms with E-state index in [1.165, 1.54) is 12.2 Å². The molecule has 37 heavy (non-hydrogen) atoms. The molecule has 2 amide bonds. The number of benzene rings is 4. The summed E-state index contributed by atoms with van der Waals surface area (Å²) in [5.41, 5.74) is 3.98. The molecule has 0 aliphatic carbocycles. The van der Waals surface area contributed by atoms with Crippen molar-refractivity contribution in [3.8, 4) is 11.5 Å². The topological polar surface area (TPSA) is 98.7 Å². The number of phenols is 2. The van der Waals surface area contributed by atoms with Crippen molar-refractivity contribution in [3.05, 3.63) is 131 Å². The van der Waals surface area contributed by atoms with Crippen LogP contribution in [-0.4, -0.2) is 22.0 Å². The van der Waals surface area contributed by atoms with Gasteiger partial charge in [-0.1, -0.05) is 72.8 Å². The number of carbonyl (C=O) groups is 2. The van der Waals surface area contributed by atoms with Crippen molar-refractivity contribution in [2.45, 2.75) is 6.42 Å². The first kappa shape index (κ1) is 25.0. The fraction of sp³-hybridized carbons (Fsp3) is 0.0323. The van der Waals surface area contributed by atoms with Crippen LogP contribution in [0.15, 0.2) is 109 Å². The summed E-state index contributed by atoms with van der Waals surface area (Å²) in [5.74, 6) is -0.823. The minimum absolute atomic E-state index is 0.0581. The van der Waals surface area contributed by atoms with Crippen LogP contribution >= 0.6 is 0 Å². The summed E-state index contributed by atoms with van der Waals surface area (Å²) in [5, 5.41) is 26.1. The molecule has 0 aliphatic heterocycles. The molecule has 0 saturated carbocycles. The molecule has 0 spiro atoms. The Morgan fingerprint density at radius 1 is 0.595 bits per heavy atom. The lowest BCUT2D eigenvalue weighted by atomic mass is 10.0. The number of aromatic hydroxyl groups is 2. The molecule has 0 atom stereocenters. The van der Waals surface area contributed by atoms with Crippen molar-refractivity contribution < 1.29 is 19.8 Å². The number of hydrogen-bond acceptors (Lipinski definition) is 4. The Morgan fingerprint density at radius 3 is 1.38 bits per heavy atom. The quantitative estimate of drug-likeness (QED) is 0.180. The van der Waals surface area contributed by atoms with Crippen LogP contribution in [0.25, 0.3) is 12.2 Å². The first-order valence-electron chi connectivity index (χ1n) is 11.7. The van der Waals surface area contributed by atoms with E-state index in [0.29, 0.717) is 17.8 Å². The maximum atomic E-state index is 12.2. The van der Waals surface area contributed by atoms with Gasteiger partial charge in [0.2, 0.25) is 11.8 Å². The molecule has 4 rings (SSSR count). The van der Waals surface area contributed by atoms with Crippen LogP contribution in [0.4, 0.5) is 11.4 Å². The maximum Gasteiger partial charge on any atom is 0.248 e. The highest BCUT2D eigenvalue weighted by Gasteiger charge is 2.09. The molecule has 4 aromatic rings. The zero-order chi connectivity index (χ0) is 26.0. The third-order valence-electron chi connectivity index (χ3n) is 5.50. The molecule has 0 saturated heterocycles. The Bertz CT molecular complexity index is 1330. The Hall–Kier alpha value is -5.10. The molecule has 184 valence electrons. The van der Waals surface area contributed by atoms with Crippen molar-refractivity contribution in [1.82, 2.24) is 0 Å². The van der Waals surface area contributed by atoms with E-state index in [1.807, 2.05) is 60.7 Å². The highest BCUT2D eigenvalue weighted by atomic mass is 16.3. The summed E-state index contributed by atoms with van der Waals surface area (Å²) in [7, 11) is 0. The average molecular weight is 491 g/mol. The van der Waals surface area contributed by atoms with Crippen LogP contribution in [-0.2, 0) is 16.0 Å². The second-order valence-corrected chi connectivity index (χ2v) is 8.35. The summed E-state index contributed by atoms with van der Waals surface area (Å²) in [6, 6.07) is 28.9. The van der Waals surface area contributed by atoms with Crippen molar-refractivity contribution in [1.29, 1.82) is 0 Å². The van der Waals surface area contributed by atoms with E-state index in [1.54, 1.807) is 48.6 Å². The first-order chi connectivity index (χ1) is 18.0. The van der Waals surface area contributed by atoms with Crippen LogP contribution < -0.4 is 10.6 Å². The number of phenolic OH excluding ortho intramolecular Hbond substituents is 2. The van der Waals surface area contributed by atoms with Gasteiger partial charge in [-0.2, -0.15) is 0 Å². The molecule has 0 aromatic heterocycles. The molecule has 0 heterocycles. The van der Waals surface area contributed by atoms with Gasteiger partial charge in [-0.15, -0.1) is 0 Å². The summed E-state index contributed by atoms with van der Waals surface area (Å²) in [6.07, 6.45) is 6.63. The van der Waals surface area contributed by atoms with Gasteiger partial charge in [0.05, 0.1) is 11.4 Å². The Labute approximate surface area is 215 Å². The summed E-state index contributed by atoms with van der Waals surface area (Å²) < 4.78 is 0. The smallest absolute Gasteiger partial charge is 0.248 e. The van der Waals surface area contributed by atoms with Crippen LogP contribution in [0.2, 0.25) is 0 Å². The lowest BCUT2D eigenvalue weighted by molar-refractivity contribution is -0.112. The van der Waals surface area contributed by atoms with Gasteiger partial charge in [0, 0.05) is 12.2 Å². The third kappa shape index (κ3) is 7.44. The number of rotatable bonds is 8. The molecule has 0 bridgehead atoms. The summed E-state index contributed by atoms with van der Waals surface area (Å²) in [4.78, 5) is 24.4. The Balaban J connectivity index is 1.35. The van der Waals surface area contributed by atoms with Gasteiger partial charge in [-0.3, -0.25) is 9.59 Å². The molecule has 0 unspecified atom stereocenters. The normalized spacial score (nSPS) is 11.0. The largest absolute Gasteiger partial charge is 0.506 e. The summed E-state index contributed by atoms with van der Waals surface area (Å²) in [6.45, 7) is 0. The minimum Gasteiger partial charge on any atom is -0.506 e. The van der Waals surface area contributed by atoms with E-state index in [0.717, 1.165) is 22.3 Å². The molecule has 4 aromatic carbocycles. The molecule has 6 nitrogen and oxygen atoms in total. The number of nitrogens with one attached hydrogen (secondary N) is 2. The van der Waals surface area contributed by atoms with Gasteiger partial charge in [0.1, 0.15) is 11.5 Å². The lowest BCUT2D eigenvalue weighted by Crippen LogP contribution is -2.08. The van der Waals surface area contributed by atoms with Crippen molar-refractivity contribution in [2.75, 3.05) is 10.6 Å². The van der Waals surface area contributed by atoms with Gasteiger partial charge in [0.15, 0.2) is 0 Å². The second kappa shape index (κ2) is 12.0. The monoisotopic (exact) mass is 490 g/mol. The molecule has 0 aliphatic rings. The summed E-state index contributed by atoms with van der Waals surface area (Å²) >= 11 is 0. The fourth-order valence-corrected chi connectivity index (χ4v) is 3.64. The average Bonchev–Trinajstić information content (AvgIpc) is 2.91.